The molecule has 3 aromatic rings. The molecule has 7 heteroatoms. The van der Waals surface area contributed by atoms with Crippen LogP contribution in [0.5, 0.6) is 0 Å². The summed E-state index contributed by atoms with van der Waals surface area (Å²) in [5, 5.41) is 2.94. The van der Waals surface area contributed by atoms with Crippen LogP contribution in [0.25, 0.3) is 0 Å². The van der Waals surface area contributed by atoms with Gasteiger partial charge < -0.3 is 20.9 Å². The van der Waals surface area contributed by atoms with Crippen LogP contribution < -0.4 is 11.1 Å². The van der Waals surface area contributed by atoms with Gasteiger partial charge in [-0.15, -0.1) is 0 Å². The molecule has 3 N–H and O–H groups in total. The predicted molar refractivity (Wildman–Crippen MR) is 153 cm³/mol. The number of pyridine rings is 1. The number of nitrogens with two attached hydrogens (primary N) is 1. The zero-order valence-corrected chi connectivity index (χ0v) is 22.7. The number of hydrogen-bond donors (Lipinski definition) is 2. The quantitative estimate of drug-likeness (QED) is 0.447. The van der Waals surface area contributed by atoms with Gasteiger partial charge in [0, 0.05) is 50.4 Å². The standard InChI is InChI=1S/C32H39N5O2/c1-23(33)31(38)35-30(17-24-9-8-15-34-19-24)32(39)37-21-28(26-12-6-3-7-13-26)18-29(37)22-36-16-14-27(20-36)25-10-4-2-5-11-25/h2-13,15,19,23,27-30H,14,16-18,20-22,33H2,1H3,(H,35,38)/t23?,27?,28-,29-,30?/m0/s1. The lowest BCUT2D eigenvalue weighted by Crippen LogP contribution is -2.55. The number of hydrogen-bond acceptors (Lipinski definition) is 5. The Morgan fingerprint density at radius 2 is 1.67 bits per heavy atom. The number of likely N-dealkylation sites (tertiary alicyclic amines) is 2. The van der Waals surface area contributed by atoms with E-state index in [0.29, 0.717) is 18.9 Å². The molecule has 5 rings (SSSR count). The van der Waals surface area contributed by atoms with Crippen LogP contribution in [-0.2, 0) is 16.0 Å². The first-order chi connectivity index (χ1) is 19.0. The maximum atomic E-state index is 14.2. The molecule has 0 bridgehead atoms. The average molecular weight is 526 g/mol. The highest BCUT2D eigenvalue weighted by atomic mass is 16.2. The van der Waals surface area contributed by atoms with E-state index in [0.717, 1.165) is 38.0 Å². The third-order valence-corrected chi connectivity index (χ3v) is 8.17. The molecular weight excluding hydrogens is 486 g/mol. The van der Waals surface area contributed by atoms with Crippen molar-refractivity contribution in [2.24, 2.45) is 5.73 Å². The maximum absolute atomic E-state index is 14.2. The molecular formula is C32H39N5O2. The van der Waals surface area contributed by atoms with Crippen LogP contribution in [0, 0.1) is 0 Å². The molecule has 2 aliphatic heterocycles. The van der Waals surface area contributed by atoms with Gasteiger partial charge in [0.15, 0.2) is 0 Å². The van der Waals surface area contributed by atoms with Gasteiger partial charge >= 0.3 is 0 Å². The number of aromatic nitrogens is 1. The van der Waals surface area contributed by atoms with Crippen molar-refractivity contribution in [2.75, 3.05) is 26.2 Å². The Hall–Kier alpha value is -3.55. The molecule has 2 fully saturated rings. The predicted octanol–water partition coefficient (Wildman–Crippen LogP) is 3.33. The van der Waals surface area contributed by atoms with Crippen molar-refractivity contribution in [3.63, 3.8) is 0 Å². The van der Waals surface area contributed by atoms with Gasteiger partial charge in [-0.1, -0.05) is 66.7 Å². The van der Waals surface area contributed by atoms with E-state index in [4.69, 9.17) is 5.73 Å². The molecule has 0 radical (unpaired) electrons. The average Bonchev–Trinajstić information content (AvgIpc) is 3.61. The number of nitrogens with one attached hydrogen (secondary N) is 1. The van der Waals surface area contributed by atoms with E-state index < -0.39 is 12.1 Å². The molecule has 3 unspecified atom stereocenters. The number of nitrogens with zero attached hydrogens (tertiary/aromatic N) is 3. The Bertz CT molecular complexity index is 1220. The summed E-state index contributed by atoms with van der Waals surface area (Å²) in [6.07, 6.45) is 5.87. The van der Waals surface area contributed by atoms with Gasteiger partial charge in [-0.25, -0.2) is 0 Å². The smallest absolute Gasteiger partial charge is 0.245 e. The monoisotopic (exact) mass is 525 g/mol. The highest BCUT2D eigenvalue weighted by Gasteiger charge is 2.40. The van der Waals surface area contributed by atoms with E-state index in [1.54, 1.807) is 19.3 Å². The van der Waals surface area contributed by atoms with Crippen LogP contribution in [0.15, 0.2) is 85.2 Å². The number of rotatable bonds is 9. The molecule has 204 valence electrons. The van der Waals surface area contributed by atoms with Gasteiger partial charge in [0.1, 0.15) is 6.04 Å². The summed E-state index contributed by atoms with van der Waals surface area (Å²) in [5.74, 6) is 0.411. The maximum Gasteiger partial charge on any atom is 0.245 e. The SMILES string of the molecule is CC(N)C(=O)NC(Cc1cccnc1)C(=O)N1C[C@@H](c2ccccc2)C[C@H]1CN1CCC(c2ccccc2)C1. The number of carbonyl (C=O) groups excluding carboxylic acids is 2. The van der Waals surface area contributed by atoms with Crippen molar-refractivity contribution in [2.45, 2.75) is 56.1 Å². The van der Waals surface area contributed by atoms with Gasteiger partial charge in [-0.2, -0.15) is 0 Å². The molecule has 2 saturated heterocycles. The van der Waals surface area contributed by atoms with Crippen molar-refractivity contribution in [3.8, 4) is 0 Å². The Morgan fingerprint density at radius 1 is 0.974 bits per heavy atom. The second kappa shape index (κ2) is 12.5. The van der Waals surface area contributed by atoms with E-state index >= 15 is 0 Å². The van der Waals surface area contributed by atoms with E-state index in [1.807, 2.05) is 23.1 Å². The zero-order chi connectivity index (χ0) is 27.2. The van der Waals surface area contributed by atoms with Crippen molar-refractivity contribution < 1.29 is 9.59 Å². The second-order valence-electron chi connectivity index (χ2n) is 11.1. The third-order valence-electron chi connectivity index (χ3n) is 8.17. The van der Waals surface area contributed by atoms with Crippen LogP contribution in [0.3, 0.4) is 0 Å². The Balaban J connectivity index is 1.36. The molecule has 1 aromatic heterocycles. The van der Waals surface area contributed by atoms with Crippen LogP contribution in [0.2, 0.25) is 0 Å². The van der Waals surface area contributed by atoms with Crippen molar-refractivity contribution >= 4 is 11.8 Å². The first-order valence-electron chi connectivity index (χ1n) is 14.1. The fourth-order valence-corrected chi connectivity index (χ4v) is 6.08. The molecule has 2 aromatic carbocycles. The minimum absolute atomic E-state index is 0.0462. The van der Waals surface area contributed by atoms with Crippen LogP contribution in [-0.4, -0.2) is 70.9 Å². The molecule has 0 saturated carbocycles. The Labute approximate surface area is 231 Å². The van der Waals surface area contributed by atoms with Gasteiger partial charge in [0.25, 0.3) is 0 Å². The molecule has 3 heterocycles. The summed E-state index contributed by atoms with van der Waals surface area (Å²) in [5.41, 5.74) is 9.41. The number of amides is 2. The van der Waals surface area contributed by atoms with Gasteiger partial charge in [0.2, 0.25) is 11.8 Å². The molecule has 2 amide bonds. The lowest BCUT2D eigenvalue weighted by molar-refractivity contribution is -0.137. The van der Waals surface area contributed by atoms with Crippen LogP contribution in [0.4, 0.5) is 0 Å². The van der Waals surface area contributed by atoms with E-state index in [9.17, 15) is 9.59 Å². The van der Waals surface area contributed by atoms with Gasteiger partial charge in [-0.3, -0.25) is 14.6 Å². The zero-order valence-electron chi connectivity index (χ0n) is 22.7. The van der Waals surface area contributed by atoms with Crippen molar-refractivity contribution in [1.29, 1.82) is 0 Å². The topological polar surface area (TPSA) is 91.6 Å². The van der Waals surface area contributed by atoms with Crippen LogP contribution >= 0.6 is 0 Å². The van der Waals surface area contributed by atoms with Crippen molar-refractivity contribution in [3.05, 3.63) is 102 Å². The fourth-order valence-electron chi connectivity index (χ4n) is 6.08. The Kier molecular flexibility index (Phi) is 8.69. The highest BCUT2D eigenvalue weighted by molar-refractivity contribution is 5.90. The van der Waals surface area contributed by atoms with Crippen LogP contribution in [0.1, 0.15) is 48.3 Å². The minimum atomic E-state index is -0.694. The van der Waals surface area contributed by atoms with Gasteiger partial charge in [-0.05, 0) is 55.0 Å². The first-order valence-corrected chi connectivity index (χ1v) is 14.1. The lowest BCUT2D eigenvalue weighted by atomic mass is 9.96. The summed E-state index contributed by atoms with van der Waals surface area (Å²) in [7, 11) is 0. The normalized spacial score (nSPS) is 22.9. The summed E-state index contributed by atoms with van der Waals surface area (Å²) >= 11 is 0. The molecule has 39 heavy (non-hydrogen) atoms. The number of carbonyl (C=O) groups is 2. The molecule has 7 nitrogen and oxygen atoms in total. The van der Waals surface area contributed by atoms with Crippen molar-refractivity contribution in [1.82, 2.24) is 20.1 Å². The second-order valence-corrected chi connectivity index (χ2v) is 11.1. The lowest BCUT2D eigenvalue weighted by Gasteiger charge is -2.32. The summed E-state index contributed by atoms with van der Waals surface area (Å²) in [6.45, 7) is 5.13. The molecule has 0 aliphatic carbocycles. The molecule has 2 aliphatic rings. The van der Waals surface area contributed by atoms with E-state index in [1.165, 1.54) is 11.1 Å². The summed E-state index contributed by atoms with van der Waals surface area (Å²) in [6, 6.07) is 23.7. The molecule has 5 atom stereocenters. The fraction of sp³-hybridized carbons (Fsp3) is 0.406. The summed E-state index contributed by atoms with van der Waals surface area (Å²) < 4.78 is 0. The summed E-state index contributed by atoms with van der Waals surface area (Å²) in [4.78, 5) is 35.6. The Morgan fingerprint density at radius 3 is 2.31 bits per heavy atom. The third kappa shape index (κ3) is 6.72. The molecule has 0 spiro atoms. The van der Waals surface area contributed by atoms with E-state index in [-0.39, 0.29) is 23.8 Å². The first kappa shape index (κ1) is 27.0. The minimum Gasteiger partial charge on any atom is -0.343 e. The number of benzene rings is 2. The van der Waals surface area contributed by atoms with E-state index in [2.05, 4.69) is 69.8 Å². The highest BCUT2D eigenvalue weighted by Crippen LogP contribution is 2.35. The van der Waals surface area contributed by atoms with Gasteiger partial charge in [0.05, 0.1) is 6.04 Å². The largest absolute Gasteiger partial charge is 0.343 e.